The number of nitrogens with one attached hydrogen (secondary N) is 1. The van der Waals surface area contributed by atoms with Crippen molar-refractivity contribution in [1.82, 2.24) is 10.2 Å². The molecular weight excluding hydrogens is 261 g/mol. The van der Waals surface area contributed by atoms with Crippen LogP contribution in [0.2, 0.25) is 0 Å². The number of carbonyl (C=O) groups excluding carboxylic acids is 1. The molecule has 1 rings (SSSR count). The summed E-state index contributed by atoms with van der Waals surface area (Å²) < 4.78 is 42.7. The van der Waals surface area contributed by atoms with Gasteiger partial charge in [-0.15, -0.1) is 0 Å². The van der Waals surface area contributed by atoms with Gasteiger partial charge in [0.15, 0.2) is 6.04 Å². The molecule has 1 aliphatic rings. The minimum Gasteiger partial charge on any atom is -0.377 e. The maximum absolute atomic E-state index is 12.6. The van der Waals surface area contributed by atoms with Crippen molar-refractivity contribution in [2.24, 2.45) is 5.92 Å². The Balaban J connectivity index is 0.00000154. The van der Waals surface area contributed by atoms with E-state index in [1.54, 1.807) is 0 Å². The van der Waals surface area contributed by atoms with Crippen LogP contribution in [-0.2, 0) is 4.74 Å². The average Bonchev–Trinajstić information content (AvgIpc) is 2.37. The molecule has 1 heterocycles. The van der Waals surface area contributed by atoms with E-state index in [2.05, 4.69) is 5.32 Å². The zero-order chi connectivity index (χ0) is 15.1. The van der Waals surface area contributed by atoms with Crippen molar-refractivity contribution in [3.05, 3.63) is 0 Å². The molecule has 1 unspecified atom stereocenters. The molecule has 2 amide bonds. The predicted molar refractivity (Wildman–Crippen MR) is 67.0 cm³/mol. The summed E-state index contributed by atoms with van der Waals surface area (Å²) >= 11 is 0. The first kappa shape index (κ1) is 18.0. The fourth-order valence-corrected chi connectivity index (χ4v) is 1.51. The normalized spacial score (nSPS) is 19.8. The zero-order valence-corrected chi connectivity index (χ0v) is 11.9. The Bertz CT molecular complexity index is 270. The van der Waals surface area contributed by atoms with Crippen molar-refractivity contribution in [2.45, 2.75) is 39.9 Å². The number of rotatable bonds is 2. The van der Waals surface area contributed by atoms with Crippen molar-refractivity contribution in [2.75, 3.05) is 26.3 Å². The first-order chi connectivity index (χ1) is 8.82. The van der Waals surface area contributed by atoms with Gasteiger partial charge in [-0.3, -0.25) is 0 Å². The van der Waals surface area contributed by atoms with Crippen LogP contribution in [0.4, 0.5) is 18.0 Å². The lowest BCUT2D eigenvalue weighted by atomic mass is 10.2. The van der Waals surface area contributed by atoms with Crippen molar-refractivity contribution in [3.63, 3.8) is 0 Å². The summed E-state index contributed by atoms with van der Waals surface area (Å²) in [6.45, 7) is 7.73. The van der Waals surface area contributed by atoms with Gasteiger partial charge in [-0.2, -0.15) is 13.2 Å². The molecule has 0 bridgehead atoms. The number of halogens is 3. The number of urea groups is 1. The topological polar surface area (TPSA) is 41.6 Å². The van der Waals surface area contributed by atoms with Gasteiger partial charge < -0.3 is 15.0 Å². The van der Waals surface area contributed by atoms with E-state index in [0.29, 0.717) is 6.54 Å². The molecule has 114 valence electrons. The maximum Gasteiger partial charge on any atom is 0.411 e. The summed E-state index contributed by atoms with van der Waals surface area (Å²) in [4.78, 5) is 12.4. The van der Waals surface area contributed by atoms with Gasteiger partial charge in [0.2, 0.25) is 0 Å². The maximum atomic E-state index is 12.6. The smallest absolute Gasteiger partial charge is 0.377 e. The molecule has 7 heteroatoms. The standard InChI is InChI=1S/C10H17F3N2O2.C2H6/c1-7(2)5-14-9(16)15-3-4-17-6-8(15)10(11,12)13;1-2/h7-8H,3-6H2,1-2H3,(H,14,16);1-2H3. The highest BCUT2D eigenvalue weighted by atomic mass is 19.4. The van der Waals surface area contributed by atoms with Gasteiger partial charge in [-0.25, -0.2) is 4.79 Å². The Labute approximate surface area is 112 Å². The largest absolute Gasteiger partial charge is 0.411 e. The average molecular weight is 284 g/mol. The molecule has 1 N–H and O–H groups in total. The monoisotopic (exact) mass is 284 g/mol. The van der Waals surface area contributed by atoms with Crippen LogP contribution in [-0.4, -0.2) is 49.5 Å². The summed E-state index contributed by atoms with van der Waals surface area (Å²) in [6.07, 6.45) is -4.45. The predicted octanol–water partition coefficient (Wildman–Crippen LogP) is 2.64. The third-order valence-corrected chi connectivity index (χ3v) is 2.43. The molecule has 19 heavy (non-hydrogen) atoms. The van der Waals surface area contributed by atoms with E-state index in [9.17, 15) is 18.0 Å². The van der Waals surface area contributed by atoms with Gasteiger partial charge in [-0.1, -0.05) is 27.7 Å². The lowest BCUT2D eigenvalue weighted by Gasteiger charge is -2.36. The van der Waals surface area contributed by atoms with Crippen LogP contribution in [0.1, 0.15) is 27.7 Å². The fourth-order valence-electron chi connectivity index (χ4n) is 1.51. The Morgan fingerprint density at radius 3 is 2.47 bits per heavy atom. The molecule has 1 fully saturated rings. The number of hydrogen-bond acceptors (Lipinski definition) is 2. The van der Waals surface area contributed by atoms with Crippen molar-refractivity contribution < 1.29 is 22.7 Å². The Hall–Kier alpha value is -0.980. The summed E-state index contributed by atoms with van der Waals surface area (Å²) in [5.74, 6) is 0.198. The SMILES string of the molecule is CC.CC(C)CNC(=O)N1CCOCC1C(F)(F)F. The van der Waals surface area contributed by atoms with Crippen molar-refractivity contribution >= 4 is 6.03 Å². The zero-order valence-electron chi connectivity index (χ0n) is 11.9. The number of hydrogen-bond donors (Lipinski definition) is 1. The molecule has 0 aromatic rings. The Morgan fingerprint density at radius 2 is 2.00 bits per heavy atom. The van der Waals surface area contributed by atoms with Crippen LogP contribution >= 0.6 is 0 Å². The second-order valence-electron chi connectivity index (χ2n) is 4.41. The van der Waals surface area contributed by atoms with Gasteiger partial charge in [0.1, 0.15) is 0 Å². The van der Waals surface area contributed by atoms with E-state index < -0.39 is 24.9 Å². The minimum atomic E-state index is -4.45. The quantitative estimate of drug-likeness (QED) is 0.847. The van der Waals surface area contributed by atoms with Gasteiger partial charge in [0.05, 0.1) is 13.2 Å². The van der Waals surface area contributed by atoms with E-state index >= 15 is 0 Å². The van der Waals surface area contributed by atoms with Gasteiger partial charge >= 0.3 is 12.2 Å². The van der Waals surface area contributed by atoms with Crippen LogP contribution < -0.4 is 5.32 Å². The highest BCUT2D eigenvalue weighted by Crippen LogP contribution is 2.27. The van der Waals surface area contributed by atoms with E-state index in [1.165, 1.54) is 0 Å². The van der Waals surface area contributed by atoms with E-state index in [1.807, 2.05) is 27.7 Å². The van der Waals surface area contributed by atoms with Gasteiger partial charge in [0, 0.05) is 13.1 Å². The molecule has 0 aromatic carbocycles. The minimum absolute atomic E-state index is 0.0336. The lowest BCUT2D eigenvalue weighted by Crippen LogP contribution is -2.58. The Morgan fingerprint density at radius 1 is 1.42 bits per heavy atom. The van der Waals surface area contributed by atoms with Crippen LogP contribution in [0.5, 0.6) is 0 Å². The van der Waals surface area contributed by atoms with Gasteiger partial charge in [-0.05, 0) is 5.92 Å². The molecule has 0 radical (unpaired) electrons. The third-order valence-electron chi connectivity index (χ3n) is 2.43. The Kier molecular flexibility index (Phi) is 7.82. The number of nitrogens with zero attached hydrogens (tertiary/aromatic N) is 1. The van der Waals surface area contributed by atoms with Crippen LogP contribution in [0.15, 0.2) is 0 Å². The molecule has 1 aliphatic heterocycles. The summed E-state index contributed by atoms with van der Waals surface area (Å²) in [6, 6.07) is -2.52. The highest BCUT2D eigenvalue weighted by molar-refractivity contribution is 5.74. The summed E-state index contributed by atoms with van der Waals surface area (Å²) in [5, 5.41) is 2.49. The highest BCUT2D eigenvalue weighted by Gasteiger charge is 2.47. The van der Waals surface area contributed by atoms with Crippen LogP contribution in [0.25, 0.3) is 0 Å². The number of carbonyl (C=O) groups is 1. The van der Waals surface area contributed by atoms with Crippen molar-refractivity contribution in [1.29, 1.82) is 0 Å². The fraction of sp³-hybridized carbons (Fsp3) is 0.917. The summed E-state index contributed by atoms with van der Waals surface area (Å²) in [5.41, 5.74) is 0. The molecular formula is C12H23F3N2O2. The first-order valence-electron chi connectivity index (χ1n) is 6.51. The third kappa shape index (κ3) is 6.13. The molecule has 4 nitrogen and oxygen atoms in total. The molecule has 0 aliphatic carbocycles. The number of alkyl halides is 3. The van der Waals surface area contributed by atoms with Gasteiger partial charge in [0.25, 0.3) is 0 Å². The number of morpholine rings is 1. The molecule has 0 aromatic heterocycles. The van der Waals surface area contributed by atoms with Crippen LogP contribution in [0, 0.1) is 5.92 Å². The van der Waals surface area contributed by atoms with E-state index in [0.717, 1.165) is 4.90 Å². The van der Waals surface area contributed by atoms with E-state index in [4.69, 9.17) is 4.74 Å². The number of amides is 2. The van der Waals surface area contributed by atoms with Crippen molar-refractivity contribution in [3.8, 4) is 0 Å². The van der Waals surface area contributed by atoms with E-state index in [-0.39, 0.29) is 19.1 Å². The molecule has 1 saturated heterocycles. The lowest BCUT2D eigenvalue weighted by molar-refractivity contribution is -0.201. The first-order valence-corrected chi connectivity index (χ1v) is 6.51. The number of ether oxygens (including phenoxy) is 1. The van der Waals surface area contributed by atoms with Crippen LogP contribution in [0.3, 0.4) is 0 Å². The molecule has 1 atom stereocenters. The second-order valence-corrected chi connectivity index (χ2v) is 4.41. The molecule has 0 saturated carbocycles. The molecule has 0 spiro atoms. The summed E-state index contributed by atoms with van der Waals surface area (Å²) in [7, 11) is 0. The second kappa shape index (κ2) is 8.24.